The Morgan fingerprint density at radius 2 is 2.00 bits per heavy atom. The predicted octanol–water partition coefficient (Wildman–Crippen LogP) is 5.03. The molecule has 156 valence electrons. The van der Waals surface area contributed by atoms with Crippen LogP contribution in [0.5, 0.6) is 5.75 Å². The van der Waals surface area contributed by atoms with Gasteiger partial charge < -0.3 is 15.0 Å². The summed E-state index contributed by atoms with van der Waals surface area (Å²) < 4.78 is 41.8. The molecule has 1 fully saturated rings. The first-order valence-corrected chi connectivity index (χ1v) is 10.1. The first-order valence-electron chi connectivity index (χ1n) is 10.1. The van der Waals surface area contributed by atoms with Gasteiger partial charge in [-0.05, 0) is 55.9 Å². The molecular weight excluding hydrogens is 381 g/mol. The second-order valence-corrected chi connectivity index (χ2v) is 7.85. The van der Waals surface area contributed by atoms with Crippen LogP contribution in [0.15, 0.2) is 24.3 Å². The van der Waals surface area contributed by atoms with Crippen LogP contribution in [-0.2, 0) is 13.0 Å². The lowest BCUT2D eigenvalue weighted by molar-refractivity contribution is -0.274. The van der Waals surface area contributed by atoms with E-state index in [0.717, 1.165) is 54.9 Å². The summed E-state index contributed by atoms with van der Waals surface area (Å²) in [5.41, 5.74) is 2.92. The van der Waals surface area contributed by atoms with Crippen LogP contribution in [0.3, 0.4) is 0 Å². The van der Waals surface area contributed by atoms with E-state index in [1.54, 1.807) is 6.07 Å². The van der Waals surface area contributed by atoms with Crippen molar-refractivity contribution in [1.82, 2.24) is 9.97 Å². The number of alkyl halides is 3. The molecule has 8 heteroatoms. The number of rotatable bonds is 6. The minimum absolute atomic E-state index is 0.182. The molecule has 0 unspecified atom stereocenters. The molecule has 0 radical (unpaired) electrons. The average molecular weight is 406 g/mol. The molecule has 5 nitrogen and oxygen atoms in total. The number of hydrogen-bond donors (Lipinski definition) is 1. The molecule has 1 aliphatic heterocycles. The van der Waals surface area contributed by atoms with Gasteiger partial charge in [-0.3, -0.25) is 0 Å². The molecular formula is C21H25F3N4O. The molecule has 1 atom stereocenters. The van der Waals surface area contributed by atoms with Crippen molar-refractivity contribution in [2.24, 2.45) is 0 Å². The summed E-state index contributed by atoms with van der Waals surface area (Å²) in [5.74, 6) is 1.75. The monoisotopic (exact) mass is 406 g/mol. The molecule has 4 rings (SSSR count). The van der Waals surface area contributed by atoms with Crippen LogP contribution in [0.25, 0.3) is 0 Å². The number of nitrogens with zero attached hydrogens (tertiary/aromatic N) is 3. The molecule has 1 aliphatic carbocycles. The third-order valence-corrected chi connectivity index (χ3v) is 5.46. The third-order valence-electron chi connectivity index (χ3n) is 5.46. The van der Waals surface area contributed by atoms with E-state index in [4.69, 9.17) is 4.98 Å². The Morgan fingerprint density at radius 1 is 1.21 bits per heavy atom. The maximum absolute atomic E-state index is 12.6. The summed E-state index contributed by atoms with van der Waals surface area (Å²) in [6, 6.07) is 6.88. The highest BCUT2D eigenvalue weighted by molar-refractivity contribution is 5.50. The molecule has 0 saturated heterocycles. The molecule has 1 N–H and O–H groups in total. The molecule has 29 heavy (non-hydrogen) atoms. The van der Waals surface area contributed by atoms with Gasteiger partial charge in [0, 0.05) is 31.1 Å². The highest BCUT2D eigenvalue weighted by Gasteiger charge is 2.32. The molecule has 2 aromatic rings. The van der Waals surface area contributed by atoms with Crippen molar-refractivity contribution in [1.29, 1.82) is 0 Å². The summed E-state index contributed by atoms with van der Waals surface area (Å²) in [6.07, 6.45) is -0.699. The van der Waals surface area contributed by atoms with Gasteiger partial charge in [0.15, 0.2) is 0 Å². The predicted molar refractivity (Wildman–Crippen MR) is 105 cm³/mol. The maximum atomic E-state index is 12.6. The van der Waals surface area contributed by atoms with Gasteiger partial charge in [0.05, 0.1) is 5.69 Å². The SMILES string of the molecule is CC[C@@H](C)Nc1nc(C2CC2)cc(N2CCc3ccc(OC(F)(F)F)cc3C2)n1. The number of halogens is 3. The van der Waals surface area contributed by atoms with E-state index in [2.05, 4.69) is 33.8 Å². The molecule has 1 saturated carbocycles. The molecule has 1 aromatic carbocycles. The molecule has 0 bridgehead atoms. The van der Waals surface area contributed by atoms with Gasteiger partial charge in [-0.2, -0.15) is 4.98 Å². The van der Waals surface area contributed by atoms with Crippen LogP contribution in [0, 0.1) is 0 Å². The van der Waals surface area contributed by atoms with E-state index in [-0.39, 0.29) is 11.8 Å². The Morgan fingerprint density at radius 3 is 2.69 bits per heavy atom. The van der Waals surface area contributed by atoms with Crippen LogP contribution in [0.1, 0.15) is 55.8 Å². The number of ether oxygens (including phenoxy) is 1. The topological polar surface area (TPSA) is 50.3 Å². The van der Waals surface area contributed by atoms with Gasteiger partial charge in [-0.1, -0.05) is 13.0 Å². The number of anilines is 2. The minimum atomic E-state index is -4.69. The Balaban J connectivity index is 1.58. The van der Waals surface area contributed by atoms with E-state index >= 15 is 0 Å². The highest BCUT2D eigenvalue weighted by Crippen LogP contribution is 2.40. The van der Waals surface area contributed by atoms with E-state index < -0.39 is 6.36 Å². The van der Waals surface area contributed by atoms with Crippen LogP contribution >= 0.6 is 0 Å². The van der Waals surface area contributed by atoms with E-state index in [1.807, 2.05) is 6.07 Å². The van der Waals surface area contributed by atoms with Crippen molar-refractivity contribution in [3.05, 3.63) is 41.1 Å². The van der Waals surface area contributed by atoms with Crippen LogP contribution in [-0.4, -0.2) is 28.9 Å². The van der Waals surface area contributed by atoms with E-state index in [0.29, 0.717) is 18.4 Å². The number of aromatic nitrogens is 2. The minimum Gasteiger partial charge on any atom is -0.406 e. The second kappa shape index (κ2) is 7.72. The lowest BCUT2D eigenvalue weighted by Crippen LogP contribution is -2.31. The van der Waals surface area contributed by atoms with Crippen LogP contribution in [0.2, 0.25) is 0 Å². The Bertz CT molecular complexity index is 883. The molecule has 2 heterocycles. The van der Waals surface area contributed by atoms with Crippen molar-refractivity contribution in [3.63, 3.8) is 0 Å². The van der Waals surface area contributed by atoms with Crippen LogP contribution < -0.4 is 15.0 Å². The standard InChI is InChI=1S/C21H25F3N4O/c1-3-13(2)25-20-26-18(15-4-5-15)11-19(27-20)28-9-8-14-6-7-17(10-16(14)12-28)29-21(22,23)24/h6-7,10-11,13,15H,3-5,8-9,12H2,1-2H3,(H,25,26,27)/t13-/m1/s1. The highest BCUT2D eigenvalue weighted by atomic mass is 19.4. The van der Waals surface area contributed by atoms with Gasteiger partial charge in [0.2, 0.25) is 5.95 Å². The zero-order valence-electron chi connectivity index (χ0n) is 16.6. The normalized spacial score (nSPS) is 17.6. The Kier molecular flexibility index (Phi) is 5.27. The Labute approximate surface area is 168 Å². The summed E-state index contributed by atoms with van der Waals surface area (Å²) >= 11 is 0. The van der Waals surface area contributed by atoms with Gasteiger partial charge in [-0.15, -0.1) is 13.2 Å². The quantitative estimate of drug-likeness (QED) is 0.730. The fraction of sp³-hybridized carbons (Fsp3) is 0.524. The van der Waals surface area contributed by atoms with Crippen LogP contribution in [0.4, 0.5) is 24.9 Å². The Hall–Kier alpha value is -2.51. The fourth-order valence-electron chi connectivity index (χ4n) is 3.52. The van der Waals surface area contributed by atoms with Crippen molar-refractivity contribution in [3.8, 4) is 5.75 Å². The van der Waals surface area contributed by atoms with E-state index in [1.165, 1.54) is 12.1 Å². The number of hydrogen-bond acceptors (Lipinski definition) is 5. The first kappa shape index (κ1) is 19.8. The van der Waals surface area contributed by atoms with Gasteiger partial charge in [0.25, 0.3) is 0 Å². The molecule has 1 aromatic heterocycles. The zero-order chi connectivity index (χ0) is 20.6. The van der Waals surface area contributed by atoms with Crippen molar-refractivity contribution >= 4 is 11.8 Å². The first-order chi connectivity index (χ1) is 13.8. The lowest BCUT2D eigenvalue weighted by atomic mass is 9.99. The van der Waals surface area contributed by atoms with Crippen molar-refractivity contribution < 1.29 is 17.9 Å². The number of benzene rings is 1. The average Bonchev–Trinajstić information content (AvgIpc) is 3.51. The fourth-order valence-corrected chi connectivity index (χ4v) is 3.52. The summed E-state index contributed by atoms with van der Waals surface area (Å²) in [4.78, 5) is 11.5. The van der Waals surface area contributed by atoms with Crippen molar-refractivity contribution in [2.75, 3.05) is 16.8 Å². The largest absolute Gasteiger partial charge is 0.573 e. The summed E-state index contributed by atoms with van der Waals surface area (Å²) in [5, 5.41) is 3.35. The van der Waals surface area contributed by atoms with Crippen molar-refractivity contribution in [2.45, 2.75) is 64.4 Å². The van der Waals surface area contributed by atoms with Gasteiger partial charge in [0.1, 0.15) is 11.6 Å². The maximum Gasteiger partial charge on any atom is 0.573 e. The van der Waals surface area contributed by atoms with E-state index in [9.17, 15) is 13.2 Å². The molecule has 0 amide bonds. The smallest absolute Gasteiger partial charge is 0.406 e. The summed E-state index contributed by atoms with van der Waals surface area (Å²) in [6.45, 7) is 5.45. The number of fused-ring (bicyclic) bond motifs is 1. The summed E-state index contributed by atoms with van der Waals surface area (Å²) in [7, 11) is 0. The molecule has 2 aliphatic rings. The van der Waals surface area contributed by atoms with Gasteiger partial charge >= 0.3 is 6.36 Å². The third kappa shape index (κ3) is 4.92. The lowest BCUT2D eigenvalue weighted by Gasteiger charge is -2.30. The molecule has 0 spiro atoms. The van der Waals surface area contributed by atoms with Gasteiger partial charge in [-0.25, -0.2) is 4.98 Å². The zero-order valence-corrected chi connectivity index (χ0v) is 16.6. The second-order valence-electron chi connectivity index (χ2n) is 7.85. The number of nitrogens with one attached hydrogen (secondary N) is 1.